The van der Waals surface area contributed by atoms with Crippen molar-refractivity contribution < 1.29 is 14.3 Å². The molecule has 0 aromatic heterocycles. The van der Waals surface area contributed by atoms with Crippen molar-refractivity contribution in [1.29, 1.82) is 0 Å². The number of esters is 1. The van der Waals surface area contributed by atoms with E-state index in [-0.39, 0.29) is 17.7 Å². The van der Waals surface area contributed by atoms with E-state index in [0.29, 0.717) is 0 Å². The summed E-state index contributed by atoms with van der Waals surface area (Å²) in [5.41, 5.74) is 0. The number of hydrogen-bond acceptors (Lipinski definition) is 3. The van der Waals surface area contributed by atoms with Gasteiger partial charge in [0.1, 0.15) is 5.92 Å². The fraction of sp³-hybridized carbons (Fsp3) is 0.750. The van der Waals surface area contributed by atoms with Crippen LogP contribution in [0.15, 0.2) is 0 Å². The van der Waals surface area contributed by atoms with Crippen molar-refractivity contribution >= 4 is 11.8 Å². The monoisotopic (exact) mass is 156 g/mol. The Morgan fingerprint density at radius 1 is 1.36 bits per heavy atom. The zero-order valence-corrected chi connectivity index (χ0v) is 6.96. The Bertz CT molecular complexity index is 196. The molecule has 0 N–H and O–H groups in total. The van der Waals surface area contributed by atoms with Gasteiger partial charge >= 0.3 is 5.97 Å². The number of ether oxygens (including phenoxy) is 1. The summed E-state index contributed by atoms with van der Waals surface area (Å²) in [6, 6.07) is 0. The summed E-state index contributed by atoms with van der Waals surface area (Å²) in [6.07, 6.45) is -0.502. The largest absolute Gasteiger partial charge is 0.454 e. The molecule has 0 spiro atoms. The Balaban J connectivity index is 2.75. The van der Waals surface area contributed by atoms with Crippen LogP contribution < -0.4 is 0 Å². The van der Waals surface area contributed by atoms with Crippen molar-refractivity contribution in [2.75, 3.05) is 0 Å². The van der Waals surface area contributed by atoms with E-state index in [9.17, 15) is 9.59 Å². The minimum absolute atomic E-state index is 0.0787. The molecule has 0 unspecified atom stereocenters. The lowest BCUT2D eigenvalue weighted by Gasteiger charge is -2.10. The van der Waals surface area contributed by atoms with Crippen LogP contribution in [0.2, 0.25) is 0 Å². The summed E-state index contributed by atoms with van der Waals surface area (Å²) < 4.78 is 4.86. The van der Waals surface area contributed by atoms with Gasteiger partial charge in [-0.15, -0.1) is 0 Å². The lowest BCUT2D eigenvalue weighted by molar-refractivity contribution is -0.145. The third kappa shape index (κ3) is 1.27. The van der Waals surface area contributed by atoms with Gasteiger partial charge < -0.3 is 4.74 Å². The molecule has 1 aliphatic heterocycles. The molecule has 2 atom stereocenters. The molecule has 3 heteroatoms. The number of cyclic esters (lactones) is 1. The summed E-state index contributed by atoms with van der Waals surface area (Å²) in [5.74, 6) is -0.919. The molecule has 1 fully saturated rings. The van der Waals surface area contributed by atoms with Gasteiger partial charge in [-0.1, -0.05) is 13.8 Å². The number of ketones is 1. The van der Waals surface area contributed by atoms with E-state index < -0.39 is 12.0 Å². The molecular weight excluding hydrogens is 144 g/mol. The first kappa shape index (κ1) is 8.24. The third-order valence-corrected chi connectivity index (χ3v) is 1.91. The number of carbonyl (C=O) groups is 2. The van der Waals surface area contributed by atoms with E-state index in [4.69, 9.17) is 4.74 Å². The Labute approximate surface area is 65.7 Å². The zero-order chi connectivity index (χ0) is 8.59. The predicted molar refractivity (Wildman–Crippen MR) is 38.9 cm³/mol. The summed E-state index contributed by atoms with van der Waals surface area (Å²) in [6.45, 7) is 5.33. The van der Waals surface area contributed by atoms with Crippen LogP contribution in [-0.2, 0) is 14.3 Å². The lowest BCUT2D eigenvalue weighted by atomic mass is 9.98. The van der Waals surface area contributed by atoms with Crippen molar-refractivity contribution in [2.45, 2.75) is 26.9 Å². The summed E-state index contributed by atoms with van der Waals surface area (Å²) in [5, 5.41) is 0. The minimum Gasteiger partial charge on any atom is -0.454 e. The third-order valence-electron chi connectivity index (χ3n) is 1.91. The highest BCUT2D eigenvalue weighted by atomic mass is 16.6. The van der Waals surface area contributed by atoms with Gasteiger partial charge in [-0.25, -0.2) is 0 Å². The quantitative estimate of drug-likeness (QED) is 0.416. The highest BCUT2D eigenvalue weighted by Gasteiger charge is 2.41. The summed E-state index contributed by atoms with van der Waals surface area (Å²) >= 11 is 0. The Kier molecular flexibility index (Phi) is 1.98. The summed E-state index contributed by atoms with van der Waals surface area (Å²) in [7, 11) is 0. The first-order chi connectivity index (χ1) is 5.04. The van der Waals surface area contributed by atoms with Crippen molar-refractivity contribution in [1.82, 2.24) is 0 Å². The normalized spacial score (nSPS) is 31.3. The maximum atomic E-state index is 11.2. The van der Waals surface area contributed by atoms with Crippen molar-refractivity contribution in [3.05, 3.63) is 0 Å². The van der Waals surface area contributed by atoms with E-state index in [2.05, 4.69) is 0 Å². The first-order valence-electron chi connectivity index (χ1n) is 3.78. The first-order valence-corrected chi connectivity index (χ1v) is 3.78. The van der Waals surface area contributed by atoms with Gasteiger partial charge in [0.05, 0.1) is 0 Å². The van der Waals surface area contributed by atoms with Gasteiger partial charge in [-0.2, -0.15) is 0 Å². The van der Waals surface area contributed by atoms with E-state index >= 15 is 0 Å². The highest BCUT2D eigenvalue weighted by Crippen LogP contribution is 2.21. The minimum atomic E-state index is -0.553. The zero-order valence-electron chi connectivity index (χ0n) is 6.96. The number of carbonyl (C=O) groups excluding carboxylic acids is 2. The second-order valence-corrected chi connectivity index (χ2v) is 3.23. The van der Waals surface area contributed by atoms with Crippen molar-refractivity contribution in [3.63, 3.8) is 0 Å². The molecule has 0 aromatic carbocycles. The maximum Gasteiger partial charge on any atom is 0.317 e. The van der Waals surface area contributed by atoms with E-state index in [0.717, 1.165) is 0 Å². The second-order valence-electron chi connectivity index (χ2n) is 3.23. The van der Waals surface area contributed by atoms with Gasteiger partial charge in [0.25, 0.3) is 0 Å². The van der Waals surface area contributed by atoms with E-state index in [1.165, 1.54) is 0 Å². The molecule has 1 rings (SSSR count). The van der Waals surface area contributed by atoms with E-state index in [1.54, 1.807) is 6.92 Å². The molecule has 1 saturated heterocycles. The van der Waals surface area contributed by atoms with Crippen LogP contribution in [0, 0.1) is 11.8 Å². The van der Waals surface area contributed by atoms with Gasteiger partial charge in [0, 0.05) is 0 Å². The topological polar surface area (TPSA) is 43.4 Å². The summed E-state index contributed by atoms with van der Waals surface area (Å²) in [4.78, 5) is 22.1. The lowest BCUT2D eigenvalue weighted by Crippen LogP contribution is -2.24. The van der Waals surface area contributed by atoms with Crippen LogP contribution in [0.5, 0.6) is 0 Å². The molecule has 62 valence electrons. The van der Waals surface area contributed by atoms with Gasteiger partial charge in [-0.3, -0.25) is 9.59 Å². The number of rotatable bonds is 1. The van der Waals surface area contributed by atoms with Gasteiger partial charge in [0.2, 0.25) is 0 Å². The van der Waals surface area contributed by atoms with Crippen molar-refractivity contribution in [2.24, 2.45) is 11.8 Å². The Morgan fingerprint density at radius 3 is 2.09 bits per heavy atom. The molecule has 0 radical (unpaired) electrons. The van der Waals surface area contributed by atoms with Gasteiger partial charge in [-0.05, 0) is 12.8 Å². The molecule has 0 saturated carbocycles. The number of hydrogen-bond donors (Lipinski definition) is 0. The average Bonchev–Trinajstić information content (AvgIpc) is 2.17. The smallest absolute Gasteiger partial charge is 0.317 e. The molecule has 0 bridgehead atoms. The average molecular weight is 156 g/mol. The maximum absolute atomic E-state index is 11.2. The molecule has 1 heterocycles. The standard InChI is InChI=1S/C8H12O3/c1-4(2)7-6(9)5(3)8(10)11-7/h4-5,7H,1-3H3/t5-,7+/m0/s1. The highest BCUT2D eigenvalue weighted by molar-refractivity contribution is 6.06. The SMILES string of the molecule is CC(C)[C@H]1OC(=O)[C@@H](C)C1=O. The Hall–Kier alpha value is -0.860. The molecule has 0 aliphatic carbocycles. The van der Waals surface area contributed by atoms with Crippen LogP contribution in [0.4, 0.5) is 0 Å². The molecule has 0 amide bonds. The van der Waals surface area contributed by atoms with Crippen molar-refractivity contribution in [3.8, 4) is 0 Å². The molecular formula is C8H12O3. The van der Waals surface area contributed by atoms with Crippen LogP contribution >= 0.6 is 0 Å². The fourth-order valence-corrected chi connectivity index (χ4v) is 1.11. The second kappa shape index (κ2) is 2.64. The predicted octanol–water partition coefficient (Wildman–Crippen LogP) is 0.773. The van der Waals surface area contributed by atoms with E-state index in [1.807, 2.05) is 13.8 Å². The molecule has 0 aromatic rings. The number of Topliss-reactive ketones (excluding diaryl/α,β-unsaturated/α-hetero) is 1. The molecule has 3 nitrogen and oxygen atoms in total. The van der Waals surface area contributed by atoms with Gasteiger partial charge in [0.15, 0.2) is 11.9 Å². The fourth-order valence-electron chi connectivity index (χ4n) is 1.11. The molecule has 1 aliphatic rings. The van der Waals surface area contributed by atoms with Crippen LogP contribution in [0.1, 0.15) is 20.8 Å². The Morgan fingerprint density at radius 2 is 1.91 bits per heavy atom. The van der Waals surface area contributed by atoms with Crippen LogP contribution in [0.25, 0.3) is 0 Å². The molecule has 11 heavy (non-hydrogen) atoms. The van der Waals surface area contributed by atoms with Crippen LogP contribution in [0.3, 0.4) is 0 Å². The van der Waals surface area contributed by atoms with Crippen LogP contribution in [-0.4, -0.2) is 17.9 Å².